The summed E-state index contributed by atoms with van der Waals surface area (Å²) in [6, 6.07) is 5.30. The second kappa shape index (κ2) is 4.78. The third-order valence-corrected chi connectivity index (χ3v) is 3.82. The molecule has 0 aliphatic heterocycles. The SMILES string of the molecule is COc1ccc(N(C)C(=O)C2(CN)CC2)cc1Cl. The summed E-state index contributed by atoms with van der Waals surface area (Å²) in [5.41, 5.74) is 6.08. The van der Waals surface area contributed by atoms with Gasteiger partial charge in [-0.3, -0.25) is 4.79 Å². The molecule has 4 nitrogen and oxygen atoms in total. The maximum Gasteiger partial charge on any atom is 0.234 e. The first-order valence-corrected chi connectivity index (χ1v) is 6.23. The van der Waals surface area contributed by atoms with E-state index in [1.54, 1.807) is 31.2 Å². The number of carbonyl (C=O) groups excluding carboxylic acids is 1. The van der Waals surface area contributed by atoms with Crippen LogP contribution in [0.4, 0.5) is 5.69 Å². The van der Waals surface area contributed by atoms with Crippen molar-refractivity contribution in [3.05, 3.63) is 23.2 Å². The van der Waals surface area contributed by atoms with E-state index < -0.39 is 0 Å². The van der Waals surface area contributed by atoms with Crippen molar-refractivity contribution in [1.82, 2.24) is 0 Å². The van der Waals surface area contributed by atoms with Gasteiger partial charge in [0, 0.05) is 19.3 Å². The molecule has 2 rings (SSSR count). The van der Waals surface area contributed by atoms with Gasteiger partial charge < -0.3 is 15.4 Å². The van der Waals surface area contributed by atoms with Gasteiger partial charge in [0.1, 0.15) is 5.75 Å². The molecule has 1 aliphatic rings. The summed E-state index contributed by atoms with van der Waals surface area (Å²) in [5.74, 6) is 0.660. The maximum atomic E-state index is 12.3. The first-order chi connectivity index (χ1) is 8.54. The van der Waals surface area contributed by atoms with Crippen molar-refractivity contribution in [2.45, 2.75) is 12.8 Å². The summed E-state index contributed by atoms with van der Waals surface area (Å²) in [4.78, 5) is 13.9. The molecule has 2 N–H and O–H groups in total. The zero-order valence-electron chi connectivity index (χ0n) is 10.6. The van der Waals surface area contributed by atoms with Crippen LogP contribution in [0.1, 0.15) is 12.8 Å². The van der Waals surface area contributed by atoms with Gasteiger partial charge in [0.05, 0.1) is 17.5 Å². The molecular weight excluding hydrogens is 252 g/mol. The normalized spacial score (nSPS) is 16.2. The lowest BCUT2D eigenvalue weighted by Gasteiger charge is -2.23. The van der Waals surface area contributed by atoms with Gasteiger partial charge in [0.15, 0.2) is 0 Å². The standard InChI is InChI=1S/C13H17ClN2O2/c1-16(12(17)13(8-15)5-6-13)9-3-4-11(18-2)10(14)7-9/h3-4,7H,5-6,8,15H2,1-2H3. The molecular formula is C13H17ClN2O2. The highest BCUT2D eigenvalue weighted by Gasteiger charge is 2.50. The Kier molecular flexibility index (Phi) is 3.50. The lowest BCUT2D eigenvalue weighted by molar-refractivity contribution is -0.123. The third-order valence-electron chi connectivity index (χ3n) is 3.53. The predicted octanol–water partition coefficient (Wildman–Crippen LogP) is 2.05. The van der Waals surface area contributed by atoms with Gasteiger partial charge in [-0.1, -0.05) is 11.6 Å². The number of amides is 1. The second-order valence-corrected chi connectivity index (χ2v) is 5.07. The van der Waals surface area contributed by atoms with Gasteiger partial charge in [-0.05, 0) is 31.0 Å². The lowest BCUT2D eigenvalue weighted by atomic mass is 10.1. The molecule has 0 aromatic heterocycles. The van der Waals surface area contributed by atoms with Gasteiger partial charge in [-0.2, -0.15) is 0 Å². The number of hydrogen-bond donors (Lipinski definition) is 1. The number of hydrogen-bond acceptors (Lipinski definition) is 3. The van der Waals surface area contributed by atoms with Crippen LogP contribution in [-0.2, 0) is 4.79 Å². The molecule has 1 saturated carbocycles. The van der Waals surface area contributed by atoms with Crippen LogP contribution in [0.2, 0.25) is 5.02 Å². The highest BCUT2D eigenvalue weighted by Crippen LogP contribution is 2.46. The van der Waals surface area contributed by atoms with Gasteiger partial charge in [0.25, 0.3) is 0 Å². The monoisotopic (exact) mass is 268 g/mol. The quantitative estimate of drug-likeness (QED) is 0.909. The Morgan fingerprint density at radius 2 is 2.22 bits per heavy atom. The fourth-order valence-corrected chi connectivity index (χ4v) is 2.25. The topological polar surface area (TPSA) is 55.6 Å². The summed E-state index contributed by atoms with van der Waals surface area (Å²) in [5, 5.41) is 0.493. The number of halogens is 1. The minimum atomic E-state index is -0.346. The largest absolute Gasteiger partial charge is 0.495 e. The molecule has 0 bridgehead atoms. The maximum absolute atomic E-state index is 12.3. The van der Waals surface area contributed by atoms with E-state index in [9.17, 15) is 4.79 Å². The Hall–Kier alpha value is -1.26. The van der Waals surface area contributed by atoms with E-state index in [-0.39, 0.29) is 11.3 Å². The molecule has 1 amide bonds. The van der Waals surface area contributed by atoms with Crippen molar-refractivity contribution in [1.29, 1.82) is 0 Å². The Morgan fingerprint density at radius 3 is 2.67 bits per heavy atom. The summed E-state index contributed by atoms with van der Waals surface area (Å²) in [6.45, 7) is 0.403. The molecule has 5 heteroatoms. The Bertz CT molecular complexity index is 472. The highest BCUT2D eigenvalue weighted by atomic mass is 35.5. The van der Waals surface area contributed by atoms with E-state index in [0.717, 1.165) is 18.5 Å². The summed E-state index contributed by atoms with van der Waals surface area (Å²) >= 11 is 6.05. The number of nitrogens with two attached hydrogens (primary N) is 1. The summed E-state index contributed by atoms with van der Waals surface area (Å²) < 4.78 is 5.09. The Labute approximate surface area is 112 Å². The van der Waals surface area contributed by atoms with Gasteiger partial charge in [-0.15, -0.1) is 0 Å². The molecule has 0 spiro atoms. The minimum absolute atomic E-state index is 0.0613. The number of methoxy groups -OCH3 is 1. The first kappa shape index (κ1) is 13.2. The number of benzene rings is 1. The highest BCUT2D eigenvalue weighted by molar-refractivity contribution is 6.32. The molecule has 1 aliphatic carbocycles. The molecule has 1 aromatic carbocycles. The molecule has 1 fully saturated rings. The first-order valence-electron chi connectivity index (χ1n) is 5.86. The fraction of sp³-hybridized carbons (Fsp3) is 0.462. The third kappa shape index (κ3) is 2.18. The number of carbonyl (C=O) groups is 1. The molecule has 98 valence electrons. The number of ether oxygens (including phenoxy) is 1. The van der Waals surface area contributed by atoms with E-state index >= 15 is 0 Å². The van der Waals surface area contributed by atoms with Crippen LogP contribution in [0.5, 0.6) is 5.75 Å². The van der Waals surface area contributed by atoms with Crippen molar-refractivity contribution in [3.8, 4) is 5.75 Å². The minimum Gasteiger partial charge on any atom is -0.495 e. The average Bonchev–Trinajstić information content (AvgIpc) is 3.18. The summed E-state index contributed by atoms with van der Waals surface area (Å²) in [6.07, 6.45) is 1.74. The van der Waals surface area contributed by atoms with E-state index in [1.807, 2.05) is 6.07 Å². The van der Waals surface area contributed by atoms with Crippen molar-refractivity contribution in [2.24, 2.45) is 11.1 Å². The molecule has 0 saturated heterocycles. The van der Waals surface area contributed by atoms with Crippen LogP contribution in [0.3, 0.4) is 0 Å². The van der Waals surface area contributed by atoms with Crippen LogP contribution in [0.15, 0.2) is 18.2 Å². The zero-order chi connectivity index (χ0) is 13.3. The molecule has 1 aromatic rings. The average molecular weight is 269 g/mol. The van der Waals surface area contributed by atoms with Crippen molar-refractivity contribution >= 4 is 23.2 Å². The number of rotatable bonds is 4. The van der Waals surface area contributed by atoms with Crippen LogP contribution in [0.25, 0.3) is 0 Å². The van der Waals surface area contributed by atoms with Crippen LogP contribution in [0, 0.1) is 5.41 Å². The van der Waals surface area contributed by atoms with Crippen molar-refractivity contribution in [2.75, 3.05) is 25.6 Å². The van der Waals surface area contributed by atoms with E-state index in [0.29, 0.717) is 17.3 Å². The predicted molar refractivity (Wildman–Crippen MR) is 72.1 cm³/mol. The number of nitrogens with zero attached hydrogens (tertiary/aromatic N) is 1. The smallest absolute Gasteiger partial charge is 0.234 e. The van der Waals surface area contributed by atoms with Gasteiger partial charge in [0.2, 0.25) is 5.91 Å². The molecule has 0 heterocycles. The Balaban J connectivity index is 2.21. The Morgan fingerprint density at radius 1 is 1.56 bits per heavy atom. The van der Waals surface area contributed by atoms with Crippen molar-refractivity contribution < 1.29 is 9.53 Å². The molecule has 0 unspecified atom stereocenters. The van der Waals surface area contributed by atoms with Crippen molar-refractivity contribution in [3.63, 3.8) is 0 Å². The molecule has 18 heavy (non-hydrogen) atoms. The van der Waals surface area contributed by atoms with Crippen LogP contribution >= 0.6 is 11.6 Å². The van der Waals surface area contributed by atoms with E-state index in [1.165, 1.54) is 0 Å². The second-order valence-electron chi connectivity index (χ2n) is 4.67. The fourth-order valence-electron chi connectivity index (χ4n) is 1.99. The molecule has 0 atom stereocenters. The lowest BCUT2D eigenvalue weighted by Crippen LogP contribution is -2.38. The zero-order valence-corrected chi connectivity index (χ0v) is 11.3. The summed E-state index contributed by atoms with van der Waals surface area (Å²) in [7, 11) is 3.31. The van der Waals surface area contributed by atoms with E-state index in [4.69, 9.17) is 22.1 Å². The van der Waals surface area contributed by atoms with E-state index in [2.05, 4.69) is 0 Å². The molecule has 0 radical (unpaired) electrons. The van der Waals surface area contributed by atoms with Crippen LogP contribution in [-0.4, -0.2) is 26.6 Å². The van der Waals surface area contributed by atoms with Gasteiger partial charge in [-0.25, -0.2) is 0 Å². The van der Waals surface area contributed by atoms with Crippen LogP contribution < -0.4 is 15.4 Å². The van der Waals surface area contributed by atoms with Gasteiger partial charge >= 0.3 is 0 Å². The number of anilines is 1.